The number of carbonyl (C=O) groups excluding carboxylic acids is 3. The van der Waals surface area contributed by atoms with Gasteiger partial charge in [0, 0.05) is 18.7 Å². The van der Waals surface area contributed by atoms with Gasteiger partial charge in [0.1, 0.15) is 6.54 Å². The maximum atomic E-state index is 13.0. The topological polar surface area (TPSA) is 125 Å². The highest BCUT2D eigenvalue weighted by molar-refractivity contribution is 6.05. The molecule has 1 saturated heterocycles. The molecular weight excluding hydrogens is 462 g/mol. The van der Waals surface area contributed by atoms with Gasteiger partial charge in [-0.25, -0.2) is 4.98 Å². The van der Waals surface area contributed by atoms with Crippen LogP contribution in [0.2, 0.25) is 0 Å². The van der Waals surface area contributed by atoms with Crippen LogP contribution in [0.4, 0.5) is 11.6 Å². The van der Waals surface area contributed by atoms with Gasteiger partial charge in [-0.1, -0.05) is 30.8 Å². The molecule has 3 amide bonds. The summed E-state index contributed by atoms with van der Waals surface area (Å²) in [4.78, 5) is 56.3. The summed E-state index contributed by atoms with van der Waals surface area (Å²) in [5.41, 5.74) is 1.79. The molecule has 2 N–H and O–H groups in total. The molecule has 0 saturated carbocycles. The Morgan fingerprint density at radius 3 is 2.61 bits per heavy atom. The van der Waals surface area contributed by atoms with Gasteiger partial charge in [0.25, 0.3) is 5.91 Å². The van der Waals surface area contributed by atoms with Crippen LogP contribution in [0.15, 0.2) is 61.2 Å². The van der Waals surface area contributed by atoms with Gasteiger partial charge in [0.05, 0.1) is 22.8 Å². The summed E-state index contributed by atoms with van der Waals surface area (Å²) in [6.07, 6.45) is 4.06. The zero-order chi connectivity index (χ0) is 25.7. The Morgan fingerprint density at radius 2 is 1.92 bits per heavy atom. The Hall–Kier alpha value is -4.47. The van der Waals surface area contributed by atoms with Crippen LogP contribution in [0.1, 0.15) is 35.7 Å². The van der Waals surface area contributed by atoms with Gasteiger partial charge in [-0.3, -0.25) is 24.5 Å². The molecular formula is C26H27N5O5. The van der Waals surface area contributed by atoms with Crippen molar-refractivity contribution >= 4 is 46.9 Å². The SMILES string of the molecule is C=CC(=O)N1CCCCC(n2c(NC(=O)c3ccccc3)nc3cccc(N(C=O)CC(=O)O)c32)C1. The zero-order valence-corrected chi connectivity index (χ0v) is 19.7. The molecule has 1 atom stereocenters. The minimum Gasteiger partial charge on any atom is -0.480 e. The summed E-state index contributed by atoms with van der Waals surface area (Å²) in [7, 11) is 0. The first-order valence-corrected chi connectivity index (χ1v) is 11.7. The predicted octanol–water partition coefficient (Wildman–Crippen LogP) is 3.08. The van der Waals surface area contributed by atoms with Crippen LogP contribution in [0.25, 0.3) is 11.0 Å². The fraction of sp³-hybridized carbons (Fsp3) is 0.269. The molecule has 2 heterocycles. The van der Waals surface area contributed by atoms with E-state index < -0.39 is 12.5 Å². The number of hydrogen-bond donors (Lipinski definition) is 2. The highest BCUT2D eigenvalue weighted by Crippen LogP contribution is 2.35. The van der Waals surface area contributed by atoms with Crippen molar-refractivity contribution in [2.24, 2.45) is 0 Å². The standard InChI is InChI=1S/C26H27N5O5/c1-2-22(33)29-14-7-6-11-19(15-29)31-24-20(12-8-13-21(24)30(17-32)16-23(34)35)27-26(31)28-25(36)18-9-4-3-5-10-18/h2-5,8-10,12-13,17,19H,1,6-7,11,14-16H2,(H,34,35)(H,27,28,36). The fourth-order valence-corrected chi connectivity index (χ4v) is 4.55. The summed E-state index contributed by atoms with van der Waals surface area (Å²) in [5.74, 6) is -1.47. The van der Waals surface area contributed by atoms with E-state index in [0.717, 1.165) is 17.7 Å². The van der Waals surface area contributed by atoms with Crippen LogP contribution in [0.3, 0.4) is 0 Å². The summed E-state index contributed by atoms with van der Waals surface area (Å²) in [6, 6.07) is 13.5. The van der Waals surface area contributed by atoms with Crippen LogP contribution in [0.5, 0.6) is 0 Å². The van der Waals surface area contributed by atoms with Gasteiger partial charge in [-0.2, -0.15) is 0 Å². The molecule has 0 aliphatic carbocycles. The lowest BCUT2D eigenvalue weighted by Crippen LogP contribution is -2.35. The molecule has 10 nitrogen and oxygen atoms in total. The second-order valence-electron chi connectivity index (χ2n) is 8.54. The Bertz CT molecular complexity index is 1300. The third-order valence-electron chi connectivity index (χ3n) is 6.19. The molecule has 1 aliphatic rings. The number of carboxylic acids is 1. The maximum Gasteiger partial charge on any atom is 0.323 e. The first kappa shape index (κ1) is 24.6. The van der Waals surface area contributed by atoms with E-state index in [0.29, 0.717) is 48.2 Å². The summed E-state index contributed by atoms with van der Waals surface area (Å²) < 4.78 is 1.82. The number of nitrogens with one attached hydrogen (secondary N) is 1. The smallest absolute Gasteiger partial charge is 0.323 e. The number of carboxylic acid groups (broad SMARTS) is 1. The van der Waals surface area contributed by atoms with Gasteiger partial charge >= 0.3 is 5.97 Å². The molecule has 1 unspecified atom stereocenters. The van der Waals surface area contributed by atoms with E-state index in [1.54, 1.807) is 47.4 Å². The number of amides is 3. The van der Waals surface area contributed by atoms with Gasteiger partial charge in [-0.05, 0) is 49.6 Å². The molecule has 0 radical (unpaired) electrons. The number of para-hydroxylation sites is 1. The second-order valence-corrected chi connectivity index (χ2v) is 8.54. The van der Waals surface area contributed by atoms with Crippen LogP contribution < -0.4 is 10.2 Å². The van der Waals surface area contributed by atoms with Crippen molar-refractivity contribution in [3.8, 4) is 0 Å². The average molecular weight is 490 g/mol. The highest BCUT2D eigenvalue weighted by atomic mass is 16.4. The van der Waals surface area contributed by atoms with Gasteiger partial charge in [-0.15, -0.1) is 0 Å². The van der Waals surface area contributed by atoms with E-state index in [4.69, 9.17) is 0 Å². The lowest BCUT2D eigenvalue weighted by Gasteiger charge is -2.27. The van der Waals surface area contributed by atoms with Crippen molar-refractivity contribution < 1.29 is 24.3 Å². The Balaban J connectivity index is 1.87. The highest BCUT2D eigenvalue weighted by Gasteiger charge is 2.28. The van der Waals surface area contributed by atoms with Crippen LogP contribution >= 0.6 is 0 Å². The molecule has 0 bridgehead atoms. The van der Waals surface area contributed by atoms with Crippen molar-refractivity contribution in [2.45, 2.75) is 25.3 Å². The average Bonchev–Trinajstić information content (AvgIpc) is 3.07. The number of fused-ring (bicyclic) bond motifs is 1. The molecule has 4 rings (SSSR count). The normalized spacial score (nSPS) is 15.7. The summed E-state index contributed by atoms with van der Waals surface area (Å²) >= 11 is 0. The molecule has 0 spiro atoms. The number of anilines is 2. The van der Waals surface area contributed by atoms with E-state index in [2.05, 4.69) is 16.9 Å². The fourth-order valence-electron chi connectivity index (χ4n) is 4.55. The van der Waals surface area contributed by atoms with E-state index in [9.17, 15) is 24.3 Å². The lowest BCUT2D eigenvalue weighted by atomic mass is 10.1. The van der Waals surface area contributed by atoms with E-state index >= 15 is 0 Å². The number of likely N-dealkylation sites (tertiary alicyclic amines) is 1. The number of carbonyl (C=O) groups is 4. The second kappa shape index (κ2) is 10.9. The number of aliphatic carboxylic acids is 1. The van der Waals surface area contributed by atoms with E-state index in [-0.39, 0.29) is 23.8 Å². The number of hydrogen-bond acceptors (Lipinski definition) is 5. The largest absolute Gasteiger partial charge is 0.480 e. The van der Waals surface area contributed by atoms with Gasteiger partial charge < -0.3 is 19.5 Å². The molecule has 1 aromatic heterocycles. The molecule has 2 aromatic carbocycles. The van der Waals surface area contributed by atoms with Crippen molar-refractivity contribution in [3.05, 3.63) is 66.7 Å². The number of imidazole rings is 1. The van der Waals surface area contributed by atoms with Crippen molar-refractivity contribution in [1.82, 2.24) is 14.5 Å². The Labute approximate surface area is 207 Å². The quantitative estimate of drug-likeness (QED) is 0.370. The maximum absolute atomic E-state index is 13.0. The Morgan fingerprint density at radius 1 is 1.14 bits per heavy atom. The van der Waals surface area contributed by atoms with Crippen LogP contribution in [0, 0.1) is 0 Å². The predicted molar refractivity (Wildman–Crippen MR) is 135 cm³/mol. The molecule has 186 valence electrons. The monoisotopic (exact) mass is 489 g/mol. The van der Waals surface area contributed by atoms with Gasteiger partial charge in [0.15, 0.2) is 0 Å². The van der Waals surface area contributed by atoms with Crippen LogP contribution in [-0.4, -0.2) is 63.4 Å². The minimum absolute atomic E-state index is 0.193. The minimum atomic E-state index is -1.17. The van der Waals surface area contributed by atoms with E-state index in [1.165, 1.54) is 6.08 Å². The van der Waals surface area contributed by atoms with Gasteiger partial charge in [0.2, 0.25) is 18.3 Å². The number of nitrogens with zero attached hydrogens (tertiary/aromatic N) is 4. The van der Waals surface area contributed by atoms with Crippen molar-refractivity contribution in [3.63, 3.8) is 0 Å². The third kappa shape index (κ3) is 5.12. The van der Waals surface area contributed by atoms with Crippen molar-refractivity contribution in [2.75, 3.05) is 29.9 Å². The molecule has 10 heteroatoms. The summed E-state index contributed by atoms with van der Waals surface area (Å²) in [5, 5.41) is 12.2. The molecule has 36 heavy (non-hydrogen) atoms. The lowest BCUT2D eigenvalue weighted by molar-refractivity contribution is -0.136. The third-order valence-corrected chi connectivity index (χ3v) is 6.19. The molecule has 1 aliphatic heterocycles. The molecule has 3 aromatic rings. The summed E-state index contributed by atoms with van der Waals surface area (Å²) in [6.45, 7) is 3.99. The van der Waals surface area contributed by atoms with Crippen molar-refractivity contribution in [1.29, 1.82) is 0 Å². The number of benzene rings is 2. The number of aromatic nitrogens is 2. The first-order valence-electron chi connectivity index (χ1n) is 11.7. The van der Waals surface area contributed by atoms with E-state index in [1.807, 2.05) is 10.6 Å². The molecule has 1 fully saturated rings. The zero-order valence-electron chi connectivity index (χ0n) is 19.7. The Kier molecular flexibility index (Phi) is 7.43. The number of rotatable bonds is 8. The van der Waals surface area contributed by atoms with Crippen LogP contribution in [-0.2, 0) is 14.4 Å². The first-order chi connectivity index (χ1) is 17.4.